The van der Waals surface area contributed by atoms with Crippen LogP contribution in [-0.2, 0) is 6.54 Å². The van der Waals surface area contributed by atoms with Crippen molar-refractivity contribution in [3.8, 4) is 11.5 Å². The van der Waals surface area contributed by atoms with Gasteiger partial charge < -0.3 is 20.1 Å². The zero-order valence-corrected chi connectivity index (χ0v) is 12.3. The van der Waals surface area contributed by atoms with Crippen molar-refractivity contribution >= 4 is 11.7 Å². The number of amides is 2. The van der Waals surface area contributed by atoms with Crippen molar-refractivity contribution in [2.75, 3.05) is 12.4 Å². The Hall–Kier alpha value is -2.90. The highest BCUT2D eigenvalue weighted by atomic mass is 19.3. The number of carbonyl (C=O) groups is 1. The maximum atomic E-state index is 12.4. The third kappa shape index (κ3) is 5.10. The van der Waals surface area contributed by atoms with Crippen LogP contribution in [0.4, 0.5) is 19.3 Å². The Balaban J connectivity index is 1.97. The van der Waals surface area contributed by atoms with E-state index in [4.69, 9.17) is 4.74 Å². The molecule has 0 saturated carbocycles. The Morgan fingerprint density at radius 3 is 2.74 bits per heavy atom. The molecule has 0 fully saturated rings. The fraction of sp³-hybridized carbons (Fsp3) is 0.200. The number of pyridine rings is 1. The number of ether oxygens (including phenoxy) is 2. The summed E-state index contributed by atoms with van der Waals surface area (Å²) in [4.78, 5) is 15.9. The van der Waals surface area contributed by atoms with Gasteiger partial charge in [-0.2, -0.15) is 8.78 Å². The molecule has 2 rings (SSSR count). The highest BCUT2D eigenvalue weighted by Gasteiger charge is 2.12. The van der Waals surface area contributed by atoms with Crippen LogP contribution in [0.3, 0.4) is 0 Å². The molecular formula is C15H15F2N3O3. The first-order valence-electron chi connectivity index (χ1n) is 6.66. The quantitative estimate of drug-likeness (QED) is 0.857. The van der Waals surface area contributed by atoms with Crippen LogP contribution >= 0.6 is 0 Å². The smallest absolute Gasteiger partial charge is 0.387 e. The lowest BCUT2D eigenvalue weighted by atomic mass is 10.3. The Labute approximate surface area is 131 Å². The lowest BCUT2D eigenvalue weighted by molar-refractivity contribution is -0.0511. The van der Waals surface area contributed by atoms with E-state index in [1.807, 2.05) is 0 Å². The van der Waals surface area contributed by atoms with Crippen LogP contribution in [0, 0.1) is 0 Å². The van der Waals surface area contributed by atoms with E-state index < -0.39 is 12.6 Å². The van der Waals surface area contributed by atoms with Crippen molar-refractivity contribution in [2.45, 2.75) is 13.2 Å². The number of carbonyl (C=O) groups excluding carboxylic acids is 1. The second kappa shape index (κ2) is 7.92. The number of hydrogen-bond donors (Lipinski definition) is 2. The first kappa shape index (κ1) is 16.5. The third-order valence-corrected chi connectivity index (χ3v) is 2.79. The minimum Gasteiger partial charge on any atom is -0.493 e. The Morgan fingerprint density at radius 2 is 2.09 bits per heavy atom. The maximum absolute atomic E-state index is 12.4. The molecular weight excluding hydrogens is 308 g/mol. The molecule has 2 amide bonds. The normalized spacial score (nSPS) is 10.3. The van der Waals surface area contributed by atoms with Gasteiger partial charge in [-0.05, 0) is 24.3 Å². The zero-order chi connectivity index (χ0) is 16.7. The molecule has 0 bridgehead atoms. The number of aromatic nitrogens is 1. The average molecular weight is 323 g/mol. The van der Waals surface area contributed by atoms with Gasteiger partial charge in [0.15, 0.2) is 11.5 Å². The summed E-state index contributed by atoms with van der Waals surface area (Å²) >= 11 is 0. The van der Waals surface area contributed by atoms with Gasteiger partial charge in [-0.15, -0.1) is 0 Å². The molecule has 2 N–H and O–H groups in total. The fourth-order valence-corrected chi connectivity index (χ4v) is 1.79. The minimum atomic E-state index is -2.99. The van der Waals surface area contributed by atoms with Gasteiger partial charge in [0.1, 0.15) is 0 Å². The molecule has 0 saturated heterocycles. The summed E-state index contributed by atoms with van der Waals surface area (Å²) in [6.45, 7) is -2.75. The molecule has 23 heavy (non-hydrogen) atoms. The van der Waals surface area contributed by atoms with Gasteiger partial charge in [0.05, 0.1) is 19.3 Å². The lowest BCUT2D eigenvalue weighted by Crippen LogP contribution is -2.28. The van der Waals surface area contributed by atoms with Gasteiger partial charge in [0, 0.05) is 18.0 Å². The van der Waals surface area contributed by atoms with Crippen molar-refractivity contribution in [3.63, 3.8) is 0 Å². The molecule has 0 radical (unpaired) electrons. The number of alkyl halides is 2. The zero-order valence-electron chi connectivity index (χ0n) is 12.3. The summed E-state index contributed by atoms with van der Waals surface area (Å²) in [5, 5.41) is 5.12. The molecule has 6 nitrogen and oxygen atoms in total. The molecule has 0 aliphatic carbocycles. The van der Waals surface area contributed by atoms with E-state index in [2.05, 4.69) is 20.4 Å². The van der Waals surface area contributed by atoms with Crippen LogP contribution in [0.2, 0.25) is 0 Å². The van der Waals surface area contributed by atoms with Crippen LogP contribution in [0.25, 0.3) is 0 Å². The highest BCUT2D eigenvalue weighted by molar-refractivity contribution is 5.89. The third-order valence-electron chi connectivity index (χ3n) is 2.79. The number of hydrogen-bond acceptors (Lipinski definition) is 4. The summed E-state index contributed by atoms with van der Waals surface area (Å²) < 4.78 is 34.0. The number of methoxy groups -OCH3 is 1. The fourth-order valence-electron chi connectivity index (χ4n) is 1.79. The number of nitrogens with one attached hydrogen (secondary N) is 2. The van der Waals surface area contributed by atoms with Crippen molar-refractivity contribution in [1.82, 2.24) is 10.3 Å². The van der Waals surface area contributed by atoms with E-state index in [9.17, 15) is 13.6 Å². The first-order chi connectivity index (χ1) is 11.1. The van der Waals surface area contributed by atoms with E-state index in [1.54, 1.807) is 24.4 Å². The average Bonchev–Trinajstić information content (AvgIpc) is 2.54. The maximum Gasteiger partial charge on any atom is 0.387 e. The highest BCUT2D eigenvalue weighted by Crippen LogP contribution is 2.31. The molecule has 0 unspecified atom stereocenters. The number of halogens is 2. The molecule has 8 heteroatoms. The van der Waals surface area contributed by atoms with Crippen LogP contribution in [0.5, 0.6) is 11.5 Å². The van der Waals surface area contributed by atoms with Gasteiger partial charge >= 0.3 is 12.6 Å². The minimum absolute atomic E-state index is 0.143. The molecule has 0 atom stereocenters. The van der Waals surface area contributed by atoms with Crippen molar-refractivity contribution < 1.29 is 23.0 Å². The van der Waals surface area contributed by atoms with Crippen molar-refractivity contribution in [1.29, 1.82) is 0 Å². The van der Waals surface area contributed by atoms with Crippen LogP contribution < -0.4 is 20.1 Å². The number of nitrogens with zero attached hydrogens (tertiary/aromatic N) is 1. The summed E-state index contributed by atoms with van der Waals surface area (Å²) in [6.07, 6.45) is 1.62. The number of rotatable bonds is 6. The number of urea groups is 1. The summed E-state index contributed by atoms with van der Waals surface area (Å²) in [7, 11) is 1.33. The second-order valence-corrected chi connectivity index (χ2v) is 4.37. The van der Waals surface area contributed by atoms with Crippen molar-refractivity contribution in [2.24, 2.45) is 0 Å². The van der Waals surface area contributed by atoms with E-state index in [0.29, 0.717) is 11.4 Å². The SMILES string of the molecule is COc1ccc(NC(=O)NCc2ccccn2)cc1OC(F)F. The van der Waals surface area contributed by atoms with Crippen LogP contribution in [-0.4, -0.2) is 24.7 Å². The predicted molar refractivity (Wildman–Crippen MR) is 79.7 cm³/mol. The van der Waals surface area contributed by atoms with Gasteiger partial charge in [0.25, 0.3) is 0 Å². The molecule has 0 aliphatic rings. The summed E-state index contributed by atoms with van der Waals surface area (Å²) in [6, 6.07) is 9.03. The molecule has 0 spiro atoms. The number of benzene rings is 1. The topological polar surface area (TPSA) is 72.5 Å². The second-order valence-electron chi connectivity index (χ2n) is 4.37. The van der Waals surface area contributed by atoms with E-state index in [0.717, 1.165) is 0 Å². The predicted octanol–water partition coefficient (Wildman–Crippen LogP) is 3.01. The first-order valence-corrected chi connectivity index (χ1v) is 6.66. The lowest BCUT2D eigenvalue weighted by Gasteiger charge is -2.12. The largest absolute Gasteiger partial charge is 0.493 e. The van der Waals surface area contributed by atoms with Gasteiger partial charge in [-0.25, -0.2) is 4.79 Å². The monoisotopic (exact) mass is 323 g/mol. The van der Waals surface area contributed by atoms with E-state index in [-0.39, 0.29) is 18.0 Å². The molecule has 1 heterocycles. The van der Waals surface area contributed by atoms with E-state index in [1.165, 1.54) is 25.3 Å². The molecule has 122 valence electrons. The molecule has 1 aromatic carbocycles. The summed E-state index contributed by atoms with van der Waals surface area (Å²) in [5.41, 5.74) is 0.985. The van der Waals surface area contributed by atoms with Gasteiger partial charge in [0.2, 0.25) is 0 Å². The standard InChI is InChI=1S/C15H15F2N3O3/c1-22-12-6-5-10(8-13(12)23-14(16)17)20-15(21)19-9-11-4-2-3-7-18-11/h2-8,14H,9H2,1H3,(H2,19,20,21). The van der Waals surface area contributed by atoms with Gasteiger partial charge in [-0.3, -0.25) is 4.98 Å². The molecule has 1 aromatic heterocycles. The molecule has 0 aliphatic heterocycles. The van der Waals surface area contributed by atoms with Crippen LogP contribution in [0.15, 0.2) is 42.6 Å². The van der Waals surface area contributed by atoms with Crippen LogP contribution in [0.1, 0.15) is 5.69 Å². The molecule has 2 aromatic rings. The van der Waals surface area contributed by atoms with E-state index >= 15 is 0 Å². The summed E-state index contributed by atoms with van der Waals surface area (Å²) in [5.74, 6) is -0.0187. The van der Waals surface area contributed by atoms with Gasteiger partial charge in [-0.1, -0.05) is 6.07 Å². The van der Waals surface area contributed by atoms with Crippen molar-refractivity contribution in [3.05, 3.63) is 48.3 Å². The number of anilines is 1. The Morgan fingerprint density at radius 1 is 1.26 bits per heavy atom. The Bertz CT molecular complexity index is 654. The Kier molecular flexibility index (Phi) is 5.67.